The van der Waals surface area contributed by atoms with E-state index in [0.29, 0.717) is 0 Å². The van der Waals surface area contributed by atoms with E-state index < -0.39 is 35.7 Å². The van der Waals surface area contributed by atoms with Crippen molar-refractivity contribution in [3.05, 3.63) is 36.0 Å². The summed E-state index contributed by atoms with van der Waals surface area (Å²) in [5.74, 6) is -0.957. The SMILES string of the molecule is COC(=O)C(Cc1c[nH]c2ccccc12)N(C)C(=O)[C@H](C)NC(=O)OC(C)(C)C. The number of hydrogen-bond donors (Lipinski definition) is 2. The standard InChI is InChI=1S/C21H29N3O5/c1-13(23-20(27)29-21(2,3)4)18(25)24(5)17(19(26)28-6)11-14-12-22-16-10-8-7-9-15(14)16/h7-10,12-13,17,22H,11H2,1-6H3,(H,23,27)/t13-,17?/m0/s1. The van der Waals surface area contributed by atoms with Crippen molar-refractivity contribution in [1.29, 1.82) is 0 Å². The lowest BCUT2D eigenvalue weighted by Gasteiger charge is -2.29. The van der Waals surface area contributed by atoms with Crippen molar-refractivity contribution >= 4 is 28.9 Å². The number of esters is 1. The Hall–Kier alpha value is -3.03. The van der Waals surface area contributed by atoms with Crippen LogP contribution >= 0.6 is 0 Å². The van der Waals surface area contributed by atoms with Gasteiger partial charge in [0.05, 0.1) is 7.11 Å². The molecule has 0 aliphatic heterocycles. The molecule has 1 heterocycles. The number of aromatic amines is 1. The second kappa shape index (κ2) is 8.98. The number of rotatable bonds is 6. The van der Waals surface area contributed by atoms with Gasteiger partial charge in [-0.25, -0.2) is 9.59 Å². The van der Waals surface area contributed by atoms with Gasteiger partial charge >= 0.3 is 12.1 Å². The average Bonchev–Trinajstić information content (AvgIpc) is 3.05. The van der Waals surface area contributed by atoms with Crippen molar-refractivity contribution in [3.63, 3.8) is 0 Å². The van der Waals surface area contributed by atoms with E-state index in [0.717, 1.165) is 16.5 Å². The van der Waals surface area contributed by atoms with Crippen molar-refractivity contribution in [2.45, 2.75) is 51.8 Å². The lowest BCUT2D eigenvalue weighted by atomic mass is 10.0. The number of carbonyl (C=O) groups excluding carboxylic acids is 3. The number of likely N-dealkylation sites (N-methyl/N-ethyl adjacent to an activating group) is 1. The molecule has 0 aliphatic carbocycles. The number of methoxy groups -OCH3 is 1. The van der Waals surface area contributed by atoms with Crippen molar-refractivity contribution in [2.75, 3.05) is 14.2 Å². The minimum Gasteiger partial charge on any atom is -0.467 e. The zero-order chi connectivity index (χ0) is 21.8. The smallest absolute Gasteiger partial charge is 0.408 e. The molecule has 0 spiro atoms. The van der Waals surface area contributed by atoms with Crippen LogP contribution in [0.25, 0.3) is 10.9 Å². The van der Waals surface area contributed by atoms with E-state index in [9.17, 15) is 14.4 Å². The van der Waals surface area contributed by atoms with Gasteiger partial charge < -0.3 is 24.7 Å². The van der Waals surface area contributed by atoms with Gasteiger partial charge in [-0.3, -0.25) is 4.79 Å². The lowest BCUT2D eigenvalue weighted by molar-refractivity contribution is -0.152. The van der Waals surface area contributed by atoms with Crippen molar-refractivity contribution < 1.29 is 23.9 Å². The Morgan fingerprint density at radius 3 is 2.48 bits per heavy atom. The third-order valence-corrected chi connectivity index (χ3v) is 4.48. The highest BCUT2D eigenvalue weighted by Gasteiger charge is 2.32. The summed E-state index contributed by atoms with van der Waals surface area (Å²) in [6.45, 7) is 6.75. The minimum absolute atomic E-state index is 0.276. The van der Waals surface area contributed by atoms with Gasteiger partial charge in [0.1, 0.15) is 17.7 Å². The highest BCUT2D eigenvalue weighted by atomic mass is 16.6. The highest BCUT2D eigenvalue weighted by molar-refractivity contribution is 5.90. The monoisotopic (exact) mass is 403 g/mol. The molecule has 0 radical (unpaired) electrons. The van der Waals surface area contributed by atoms with Crippen molar-refractivity contribution in [1.82, 2.24) is 15.2 Å². The van der Waals surface area contributed by atoms with Gasteiger partial charge in [-0.1, -0.05) is 18.2 Å². The van der Waals surface area contributed by atoms with Crippen LogP contribution in [-0.4, -0.2) is 59.7 Å². The third-order valence-electron chi connectivity index (χ3n) is 4.48. The Balaban J connectivity index is 2.15. The molecule has 29 heavy (non-hydrogen) atoms. The zero-order valence-electron chi connectivity index (χ0n) is 17.7. The van der Waals surface area contributed by atoms with E-state index in [4.69, 9.17) is 9.47 Å². The molecule has 1 aromatic carbocycles. The van der Waals surface area contributed by atoms with E-state index in [1.165, 1.54) is 19.1 Å². The summed E-state index contributed by atoms with van der Waals surface area (Å²) in [5, 5.41) is 3.48. The van der Waals surface area contributed by atoms with Crippen molar-refractivity contribution in [3.8, 4) is 0 Å². The van der Waals surface area contributed by atoms with E-state index in [1.807, 2.05) is 30.5 Å². The van der Waals surface area contributed by atoms with Gasteiger partial charge in [0.2, 0.25) is 5.91 Å². The number of carbonyl (C=O) groups is 3. The topological polar surface area (TPSA) is 101 Å². The van der Waals surface area contributed by atoms with Crippen LogP contribution in [0.3, 0.4) is 0 Å². The molecule has 0 fully saturated rings. The van der Waals surface area contributed by atoms with Gasteiger partial charge in [-0.15, -0.1) is 0 Å². The molecule has 158 valence electrons. The van der Waals surface area contributed by atoms with E-state index in [-0.39, 0.29) is 6.42 Å². The Morgan fingerprint density at radius 1 is 1.21 bits per heavy atom. The number of benzene rings is 1. The number of aromatic nitrogens is 1. The van der Waals surface area contributed by atoms with E-state index in [1.54, 1.807) is 27.7 Å². The molecular formula is C21H29N3O5. The molecule has 2 aromatic rings. The first-order chi connectivity index (χ1) is 13.5. The van der Waals surface area contributed by atoms with Gasteiger partial charge in [-0.05, 0) is 39.3 Å². The summed E-state index contributed by atoms with van der Waals surface area (Å²) in [4.78, 5) is 41.7. The van der Waals surface area contributed by atoms with Gasteiger partial charge in [-0.2, -0.15) is 0 Å². The molecule has 0 bridgehead atoms. The molecule has 0 aliphatic rings. The molecule has 1 unspecified atom stereocenters. The quantitative estimate of drug-likeness (QED) is 0.722. The molecule has 0 saturated carbocycles. The molecule has 2 atom stereocenters. The number of alkyl carbamates (subject to hydrolysis) is 1. The summed E-state index contributed by atoms with van der Waals surface area (Å²) in [7, 11) is 2.80. The lowest BCUT2D eigenvalue weighted by Crippen LogP contribution is -2.52. The van der Waals surface area contributed by atoms with Crippen LogP contribution in [0.5, 0.6) is 0 Å². The highest BCUT2D eigenvalue weighted by Crippen LogP contribution is 2.21. The predicted molar refractivity (Wildman–Crippen MR) is 109 cm³/mol. The fourth-order valence-electron chi connectivity index (χ4n) is 3.03. The van der Waals surface area contributed by atoms with Crippen LogP contribution in [-0.2, 0) is 25.5 Å². The van der Waals surface area contributed by atoms with E-state index >= 15 is 0 Å². The summed E-state index contributed by atoms with van der Waals surface area (Å²) < 4.78 is 10.1. The zero-order valence-corrected chi connectivity index (χ0v) is 17.7. The first-order valence-corrected chi connectivity index (χ1v) is 9.42. The molecule has 2 amide bonds. The molecule has 2 N–H and O–H groups in total. The summed E-state index contributed by atoms with van der Waals surface area (Å²) >= 11 is 0. The van der Waals surface area contributed by atoms with Crippen molar-refractivity contribution in [2.24, 2.45) is 0 Å². The number of amides is 2. The fraction of sp³-hybridized carbons (Fsp3) is 0.476. The average molecular weight is 403 g/mol. The summed E-state index contributed by atoms with van der Waals surface area (Å²) in [5.41, 5.74) is 1.16. The number of ether oxygens (including phenoxy) is 2. The predicted octanol–water partition coefficient (Wildman–Crippen LogP) is 2.62. The Kier molecular flexibility index (Phi) is 6.89. The summed E-state index contributed by atoms with van der Waals surface area (Å²) in [6.07, 6.45) is 1.40. The third kappa shape index (κ3) is 5.73. The van der Waals surface area contributed by atoms with Gasteiger partial charge in [0.25, 0.3) is 0 Å². The first kappa shape index (κ1) is 22.3. The molecule has 2 rings (SSSR count). The maximum absolute atomic E-state index is 12.8. The largest absolute Gasteiger partial charge is 0.467 e. The number of H-pyrrole nitrogens is 1. The van der Waals surface area contributed by atoms with Crippen LogP contribution in [0.4, 0.5) is 4.79 Å². The van der Waals surface area contributed by atoms with Crippen LogP contribution in [0, 0.1) is 0 Å². The first-order valence-electron chi connectivity index (χ1n) is 9.42. The number of para-hydroxylation sites is 1. The molecule has 8 heteroatoms. The second-order valence-corrected chi connectivity index (χ2v) is 7.92. The Bertz CT molecular complexity index is 884. The van der Waals surface area contributed by atoms with Crippen LogP contribution in [0.15, 0.2) is 30.5 Å². The second-order valence-electron chi connectivity index (χ2n) is 7.92. The molecule has 8 nitrogen and oxygen atoms in total. The minimum atomic E-state index is -0.870. The van der Waals surface area contributed by atoms with Gasteiger partial charge in [0, 0.05) is 30.6 Å². The van der Waals surface area contributed by atoms with Gasteiger partial charge in [0.15, 0.2) is 0 Å². The van der Waals surface area contributed by atoms with Crippen LogP contribution < -0.4 is 5.32 Å². The molecule has 1 aromatic heterocycles. The molecular weight excluding hydrogens is 374 g/mol. The summed E-state index contributed by atoms with van der Waals surface area (Å²) in [6, 6.07) is 6.01. The van der Waals surface area contributed by atoms with Crippen LogP contribution in [0.2, 0.25) is 0 Å². The van der Waals surface area contributed by atoms with E-state index in [2.05, 4.69) is 10.3 Å². The number of nitrogens with zero attached hydrogens (tertiary/aromatic N) is 1. The Labute approximate surface area is 170 Å². The fourth-order valence-corrected chi connectivity index (χ4v) is 3.03. The maximum atomic E-state index is 12.8. The number of nitrogens with one attached hydrogen (secondary N) is 2. The Morgan fingerprint density at radius 2 is 1.86 bits per heavy atom. The van der Waals surface area contributed by atoms with Crippen LogP contribution in [0.1, 0.15) is 33.3 Å². The molecule has 0 saturated heterocycles. The number of fused-ring (bicyclic) bond motifs is 1. The number of hydrogen-bond acceptors (Lipinski definition) is 5. The normalized spacial score (nSPS) is 13.4. The maximum Gasteiger partial charge on any atom is 0.408 e.